The molecule has 0 amide bonds. The summed E-state index contributed by atoms with van der Waals surface area (Å²) >= 11 is 0. The van der Waals surface area contributed by atoms with Crippen molar-refractivity contribution >= 4 is 60.1 Å². The van der Waals surface area contributed by atoms with Gasteiger partial charge in [-0.3, -0.25) is 0 Å². The molecule has 0 spiro atoms. The van der Waals surface area contributed by atoms with Gasteiger partial charge in [-0.05, 0) is 101 Å². The molecular weight excluding hydrogens is 748 g/mol. The van der Waals surface area contributed by atoms with Crippen molar-refractivity contribution in [1.29, 1.82) is 0 Å². The fourth-order valence-corrected chi connectivity index (χ4v) is 7.66. The van der Waals surface area contributed by atoms with Gasteiger partial charge in [-0.2, -0.15) is 0 Å². The first kappa shape index (κ1) is 36.3. The molecule has 0 saturated heterocycles. The van der Waals surface area contributed by atoms with Gasteiger partial charge in [-0.1, -0.05) is 182 Å². The number of hydrogen-bond donors (Lipinski definition) is 1. The topological polar surface area (TPSA) is 29.5 Å². The Bertz CT molecular complexity index is 2970. The van der Waals surface area contributed by atoms with Gasteiger partial charge in [0.1, 0.15) is 11.5 Å². The molecule has 0 unspecified atom stereocenters. The number of fused-ring (bicyclic) bond motifs is 4. The molecule has 0 atom stereocenters. The second-order valence-electron chi connectivity index (χ2n) is 13.8. The Labute approximate surface area is 337 Å². The first-order valence-corrected chi connectivity index (χ1v) is 18.6. The summed E-state index contributed by atoms with van der Waals surface area (Å²) in [6.07, 6.45) is 0. The van der Waals surface area contributed by atoms with Crippen LogP contribution in [0, 0.1) is 0 Å². The van der Waals surface area contributed by atoms with E-state index in [-0.39, 0.29) is 17.0 Å². The van der Waals surface area contributed by atoms with Crippen LogP contribution in [0.15, 0.2) is 206 Å². The lowest BCUT2D eigenvalue weighted by atomic mass is 9.95. The second kappa shape index (κ2) is 16.0. The molecule has 0 saturated carbocycles. The van der Waals surface area contributed by atoms with Gasteiger partial charge in [0.15, 0.2) is 0 Å². The predicted molar refractivity (Wildman–Crippen MR) is 243 cm³/mol. The molecular formula is C53H39BrO2. The van der Waals surface area contributed by atoms with Crippen LogP contribution in [-0.2, 0) is 0 Å². The lowest BCUT2D eigenvalue weighted by molar-refractivity contribution is 0.420. The smallest absolute Gasteiger partial charge is 0.126 e. The Morgan fingerprint density at radius 3 is 1.20 bits per heavy atom. The highest BCUT2D eigenvalue weighted by Gasteiger charge is 2.10. The second-order valence-corrected chi connectivity index (χ2v) is 13.8. The average Bonchev–Trinajstić information content (AvgIpc) is 3.26. The summed E-state index contributed by atoms with van der Waals surface area (Å²) in [4.78, 5) is 0. The van der Waals surface area contributed by atoms with E-state index in [9.17, 15) is 5.11 Å². The number of rotatable bonds is 5. The van der Waals surface area contributed by atoms with Gasteiger partial charge in [0.25, 0.3) is 0 Å². The molecule has 0 aliphatic rings. The fourth-order valence-electron chi connectivity index (χ4n) is 7.66. The van der Waals surface area contributed by atoms with Crippen LogP contribution in [0.2, 0.25) is 0 Å². The Morgan fingerprint density at radius 1 is 0.321 bits per heavy atom. The van der Waals surface area contributed by atoms with Crippen LogP contribution in [0.5, 0.6) is 11.5 Å². The number of aromatic hydroxyl groups is 1. The number of benzene rings is 10. The number of hydrogen-bond acceptors (Lipinski definition) is 2. The zero-order valence-corrected chi connectivity index (χ0v) is 32.6. The number of methoxy groups -OCH3 is 1. The minimum atomic E-state index is 0. The van der Waals surface area contributed by atoms with E-state index in [0.717, 1.165) is 33.0 Å². The van der Waals surface area contributed by atoms with E-state index < -0.39 is 0 Å². The van der Waals surface area contributed by atoms with Gasteiger partial charge < -0.3 is 9.84 Å². The summed E-state index contributed by atoms with van der Waals surface area (Å²) in [7, 11) is 1.72. The van der Waals surface area contributed by atoms with Gasteiger partial charge in [0.2, 0.25) is 0 Å². The first-order chi connectivity index (χ1) is 27.1. The van der Waals surface area contributed by atoms with Crippen molar-refractivity contribution in [3.63, 3.8) is 0 Å². The number of phenols is 1. The largest absolute Gasteiger partial charge is 0.507 e. The van der Waals surface area contributed by atoms with Gasteiger partial charge >= 0.3 is 0 Å². The van der Waals surface area contributed by atoms with Gasteiger partial charge in [-0.25, -0.2) is 0 Å². The molecule has 0 aliphatic heterocycles. The maximum Gasteiger partial charge on any atom is 0.126 e. The average molecular weight is 788 g/mol. The highest BCUT2D eigenvalue weighted by molar-refractivity contribution is 8.93. The normalized spacial score (nSPS) is 10.9. The molecule has 2 nitrogen and oxygen atoms in total. The molecule has 0 heterocycles. The van der Waals surface area contributed by atoms with Crippen molar-refractivity contribution in [2.45, 2.75) is 0 Å². The van der Waals surface area contributed by atoms with Crippen LogP contribution >= 0.6 is 17.0 Å². The lowest BCUT2D eigenvalue weighted by Crippen LogP contribution is -1.88. The summed E-state index contributed by atoms with van der Waals surface area (Å²) in [5.41, 5.74) is 9.61. The Balaban J connectivity index is 0.000000155. The maximum atomic E-state index is 10.1. The van der Waals surface area contributed by atoms with Gasteiger partial charge in [-0.15, -0.1) is 17.0 Å². The van der Waals surface area contributed by atoms with Crippen LogP contribution in [0.25, 0.3) is 87.6 Å². The minimum absolute atomic E-state index is 0. The molecule has 270 valence electrons. The highest BCUT2D eigenvalue weighted by Crippen LogP contribution is 2.37. The molecule has 10 rings (SSSR count). The molecule has 3 heteroatoms. The van der Waals surface area contributed by atoms with Crippen LogP contribution in [0.1, 0.15) is 0 Å². The molecule has 0 bridgehead atoms. The SMILES string of the molecule is Br.COc1ccc(-c2ccc(-c3ccc4ccccc4c3)cc2)c2ccccc12.Oc1ccc(-c2ccc(-c3ccc4ccccc4c3)cc2)c2ccccc12. The van der Waals surface area contributed by atoms with Crippen molar-refractivity contribution in [1.82, 2.24) is 0 Å². The fraction of sp³-hybridized carbons (Fsp3) is 0.0189. The van der Waals surface area contributed by atoms with E-state index in [1.54, 1.807) is 13.2 Å². The van der Waals surface area contributed by atoms with Crippen LogP contribution in [-0.4, -0.2) is 12.2 Å². The number of halogens is 1. The summed E-state index contributed by atoms with van der Waals surface area (Å²) in [5, 5.41) is 19.5. The van der Waals surface area contributed by atoms with Crippen molar-refractivity contribution in [3.05, 3.63) is 206 Å². The standard InChI is InChI=1S/C27H20O.C26H18O.BrH/c1-28-27-17-16-24(25-8-4-5-9-26(25)27)21-13-10-20(11-14-21)23-15-12-19-6-2-3-7-22(19)18-23;27-26-16-15-23(24-7-3-4-8-25(24)26)20-12-9-19(10-13-20)22-14-11-18-5-1-2-6-21(18)17-22;/h2-18H,1H3;1-17,27H;1H. The van der Waals surface area contributed by atoms with Crippen LogP contribution < -0.4 is 4.74 Å². The summed E-state index contributed by atoms with van der Waals surface area (Å²) in [6, 6.07) is 71.9. The lowest BCUT2D eigenvalue weighted by Gasteiger charge is -2.11. The zero-order chi connectivity index (χ0) is 37.1. The van der Waals surface area contributed by atoms with Crippen LogP contribution in [0.4, 0.5) is 0 Å². The Kier molecular flexibility index (Phi) is 10.4. The van der Waals surface area contributed by atoms with Crippen molar-refractivity contribution in [2.75, 3.05) is 7.11 Å². The Morgan fingerprint density at radius 2 is 0.696 bits per heavy atom. The van der Waals surface area contributed by atoms with Gasteiger partial charge in [0, 0.05) is 10.8 Å². The number of phenolic OH excluding ortho intramolecular Hbond substituents is 1. The molecule has 1 N–H and O–H groups in total. The Hall–Kier alpha value is -6.68. The van der Waals surface area contributed by atoms with Crippen molar-refractivity contribution in [3.8, 4) is 56.0 Å². The molecule has 10 aromatic rings. The van der Waals surface area contributed by atoms with E-state index in [1.165, 1.54) is 60.3 Å². The number of ether oxygens (including phenoxy) is 1. The van der Waals surface area contributed by atoms with E-state index in [2.05, 4.69) is 176 Å². The summed E-state index contributed by atoms with van der Waals surface area (Å²) in [6.45, 7) is 0. The van der Waals surface area contributed by atoms with Crippen LogP contribution in [0.3, 0.4) is 0 Å². The molecule has 0 radical (unpaired) electrons. The molecule has 56 heavy (non-hydrogen) atoms. The third-order valence-electron chi connectivity index (χ3n) is 10.6. The van der Waals surface area contributed by atoms with Crippen molar-refractivity contribution in [2.24, 2.45) is 0 Å². The third-order valence-corrected chi connectivity index (χ3v) is 10.6. The van der Waals surface area contributed by atoms with Crippen molar-refractivity contribution < 1.29 is 9.84 Å². The van der Waals surface area contributed by atoms with Gasteiger partial charge in [0.05, 0.1) is 7.11 Å². The summed E-state index contributed by atoms with van der Waals surface area (Å²) in [5.74, 6) is 1.23. The quantitative estimate of drug-likeness (QED) is 0.188. The predicted octanol–water partition coefficient (Wildman–Crippen LogP) is 14.9. The minimum Gasteiger partial charge on any atom is -0.507 e. The molecule has 0 aliphatic carbocycles. The molecule has 0 aromatic heterocycles. The molecule has 0 fully saturated rings. The third kappa shape index (κ3) is 7.13. The van der Waals surface area contributed by atoms with E-state index in [1.807, 2.05) is 24.3 Å². The monoisotopic (exact) mass is 786 g/mol. The van der Waals surface area contributed by atoms with E-state index >= 15 is 0 Å². The maximum absolute atomic E-state index is 10.1. The highest BCUT2D eigenvalue weighted by atomic mass is 79.9. The van der Waals surface area contributed by atoms with E-state index in [4.69, 9.17) is 4.74 Å². The summed E-state index contributed by atoms with van der Waals surface area (Å²) < 4.78 is 5.53. The first-order valence-electron chi connectivity index (χ1n) is 18.6. The molecule has 10 aromatic carbocycles. The zero-order valence-electron chi connectivity index (χ0n) is 30.9. The van der Waals surface area contributed by atoms with E-state index in [0.29, 0.717) is 5.75 Å².